The Balaban J connectivity index is 0.000000853. The van der Waals surface area contributed by atoms with Gasteiger partial charge in [0.2, 0.25) is 0 Å². The molecule has 1 nitrogen and oxygen atoms in total. The fraction of sp³-hybridized carbons (Fsp3) is 0. The molecule has 0 fully saturated rings. The van der Waals surface area contributed by atoms with Crippen molar-refractivity contribution in [1.82, 2.24) is 0 Å². The zero-order chi connectivity index (χ0) is 9.54. The summed E-state index contributed by atoms with van der Waals surface area (Å²) in [6.45, 7) is 0. The van der Waals surface area contributed by atoms with Gasteiger partial charge in [-0.15, -0.1) is 12.4 Å². The van der Waals surface area contributed by atoms with Gasteiger partial charge in [-0.3, -0.25) is 4.79 Å². The Morgan fingerprint density at radius 3 is 2.60 bits per heavy atom. The van der Waals surface area contributed by atoms with Crippen molar-refractivity contribution in [3.05, 3.63) is 59.2 Å². The molecule has 74 valence electrons. The highest BCUT2D eigenvalue weighted by Gasteiger charge is 2.19. The molecule has 0 N–H and O–H groups in total. The van der Waals surface area contributed by atoms with Crippen LogP contribution in [0.1, 0.15) is 11.1 Å². The Labute approximate surface area is 94.2 Å². The van der Waals surface area contributed by atoms with E-state index in [1.165, 1.54) is 11.1 Å². The van der Waals surface area contributed by atoms with Crippen molar-refractivity contribution in [2.45, 2.75) is 0 Å². The van der Waals surface area contributed by atoms with Crippen LogP contribution in [-0.4, -0.2) is 5.78 Å². The number of hydrogen-bond acceptors (Lipinski definition) is 1. The van der Waals surface area contributed by atoms with Gasteiger partial charge >= 0.3 is 0 Å². The van der Waals surface area contributed by atoms with Gasteiger partial charge in [-0.2, -0.15) is 0 Å². The molecule has 0 saturated carbocycles. The maximum absolute atomic E-state index is 11.2. The number of carbonyl (C=O) groups is 1. The number of carbonyl (C=O) groups excluding carboxylic acids is 1. The van der Waals surface area contributed by atoms with E-state index in [4.69, 9.17) is 0 Å². The lowest BCUT2D eigenvalue weighted by molar-refractivity contribution is -0.110. The van der Waals surface area contributed by atoms with Crippen molar-refractivity contribution in [2.24, 2.45) is 0 Å². The van der Waals surface area contributed by atoms with Crippen molar-refractivity contribution in [1.29, 1.82) is 0 Å². The Bertz CT molecular complexity index is 521. The molecule has 0 aromatic heterocycles. The van der Waals surface area contributed by atoms with Gasteiger partial charge < -0.3 is 0 Å². The molecular formula is C13H9ClO. The zero-order valence-corrected chi connectivity index (χ0v) is 8.75. The lowest BCUT2D eigenvalue weighted by atomic mass is 9.98. The van der Waals surface area contributed by atoms with E-state index < -0.39 is 0 Å². The van der Waals surface area contributed by atoms with Crippen LogP contribution in [0, 0.1) is 0 Å². The Morgan fingerprint density at radius 2 is 1.73 bits per heavy atom. The first-order chi connectivity index (χ1) is 6.84. The maximum Gasteiger partial charge on any atom is 0.179 e. The molecule has 3 rings (SSSR count). The smallest absolute Gasteiger partial charge is 0.179 e. The molecule has 0 saturated heterocycles. The molecule has 0 radical (unpaired) electrons. The number of hydrogen-bond donors (Lipinski definition) is 0. The first-order valence-electron chi connectivity index (χ1n) is 4.60. The average molecular weight is 217 g/mol. The minimum atomic E-state index is 0. The molecule has 1 aromatic rings. The molecular weight excluding hydrogens is 208 g/mol. The molecule has 2 heteroatoms. The summed E-state index contributed by atoms with van der Waals surface area (Å²) in [5.74, 6) is 0.0776. The normalized spacial score (nSPS) is 16.1. The number of rotatable bonds is 0. The van der Waals surface area contributed by atoms with Gasteiger partial charge in [-0.1, -0.05) is 30.3 Å². The summed E-state index contributed by atoms with van der Waals surface area (Å²) in [5, 5.41) is 0. The second kappa shape index (κ2) is 3.52. The van der Waals surface area contributed by atoms with Gasteiger partial charge in [0, 0.05) is 0 Å². The molecule has 1 aromatic carbocycles. The van der Waals surface area contributed by atoms with Crippen molar-refractivity contribution in [2.75, 3.05) is 0 Å². The summed E-state index contributed by atoms with van der Waals surface area (Å²) in [6, 6.07) is 8.13. The Morgan fingerprint density at radius 1 is 0.933 bits per heavy atom. The summed E-state index contributed by atoms with van der Waals surface area (Å²) in [6.07, 6.45) is 7.32. The van der Waals surface area contributed by atoms with Crippen molar-refractivity contribution >= 4 is 29.8 Å². The minimum absolute atomic E-state index is 0. The highest BCUT2D eigenvalue weighted by molar-refractivity contribution is 6.13. The summed E-state index contributed by atoms with van der Waals surface area (Å²) in [5.41, 5.74) is 4.58. The standard InChI is InChI=1S/C13H8O.ClH/c14-11-6-5-10-7-9-3-1-2-4-12(9)13(10)8-11;/h1-8H;1H. The average Bonchev–Trinajstić information content (AvgIpc) is 2.56. The van der Waals surface area contributed by atoms with Crippen LogP contribution in [0.15, 0.2) is 48.1 Å². The predicted molar refractivity (Wildman–Crippen MR) is 63.8 cm³/mol. The highest BCUT2D eigenvalue weighted by atomic mass is 35.5. The fourth-order valence-corrected chi connectivity index (χ4v) is 1.93. The zero-order valence-electron chi connectivity index (χ0n) is 7.94. The molecule has 0 aliphatic heterocycles. The molecule has 0 atom stereocenters. The van der Waals surface area contributed by atoms with E-state index in [9.17, 15) is 4.79 Å². The van der Waals surface area contributed by atoms with E-state index in [1.807, 2.05) is 18.2 Å². The number of benzene rings is 1. The van der Waals surface area contributed by atoms with Crippen LogP contribution in [0.3, 0.4) is 0 Å². The summed E-state index contributed by atoms with van der Waals surface area (Å²) < 4.78 is 0. The van der Waals surface area contributed by atoms with E-state index in [1.54, 1.807) is 12.2 Å². The van der Waals surface area contributed by atoms with Crippen LogP contribution in [-0.2, 0) is 4.79 Å². The van der Waals surface area contributed by atoms with Crippen LogP contribution in [0.2, 0.25) is 0 Å². The third-order valence-corrected chi connectivity index (χ3v) is 2.59. The van der Waals surface area contributed by atoms with Crippen molar-refractivity contribution in [3.8, 4) is 0 Å². The summed E-state index contributed by atoms with van der Waals surface area (Å²) in [4.78, 5) is 11.2. The van der Waals surface area contributed by atoms with E-state index in [-0.39, 0.29) is 18.2 Å². The van der Waals surface area contributed by atoms with Gasteiger partial charge in [0.1, 0.15) is 0 Å². The molecule has 0 amide bonds. The summed E-state index contributed by atoms with van der Waals surface area (Å²) in [7, 11) is 0. The first kappa shape index (κ1) is 9.94. The maximum atomic E-state index is 11.2. The monoisotopic (exact) mass is 216 g/mol. The van der Waals surface area contributed by atoms with Gasteiger partial charge in [0.05, 0.1) is 0 Å². The number of fused-ring (bicyclic) bond motifs is 3. The lowest BCUT2D eigenvalue weighted by Crippen LogP contribution is -1.95. The molecule has 2 aliphatic rings. The highest BCUT2D eigenvalue weighted by Crippen LogP contribution is 2.37. The van der Waals surface area contributed by atoms with Crippen LogP contribution < -0.4 is 0 Å². The largest absolute Gasteiger partial charge is 0.290 e. The molecule has 0 heterocycles. The number of allylic oxidation sites excluding steroid dienone is 5. The summed E-state index contributed by atoms with van der Waals surface area (Å²) >= 11 is 0. The molecule has 2 aliphatic carbocycles. The molecule has 15 heavy (non-hydrogen) atoms. The van der Waals surface area contributed by atoms with E-state index in [0.717, 1.165) is 11.1 Å². The predicted octanol–water partition coefficient (Wildman–Crippen LogP) is 3.03. The van der Waals surface area contributed by atoms with E-state index in [0.29, 0.717) is 0 Å². The molecule has 0 spiro atoms. The van der Waals surface area contributed by atoms with E-state index in [2.05, 4.69) is 18.2 Å². The molecule has 0 bridgehead atoms. The SMILES string of the molecule is Cl.O=C1C=CC2=Cc3ccccc3C2=C1. The Kier molecular flexibility index (Phi) is 2.33. The van der Waals surface area contributed by atoms with Crippen LogP contribution >= 0.6 is 12.4 Å². The quantitative estimate of drug-likeness (QED) is 0.652. The lowest BCUT2D eigenvalue weighted by Gasteiger charge is -2.05. The first-order valence-corrected chi connectivity index (χ1v) is 4.60. The molecule has 0 unspecified atom stereocenters. The van der Waals surface area contributed by atoms with E-state index >= 15 is 0 Å². The van der Waals surface area contributed by atoms with Gasteiger partial charge in [0.15, 0.2) is 5.78 Å². The Hall–Kier alpha value is -1.60. The van der Waals surface area contributed by atoms with Crippen LogP contribution in [0.4, 0.5) is 0 Å². The van der Waals surface area contributed by atoms with Crippen LogP contribution in [0.5, 0.6) is 0 Å². The third-order valence-electron chi connectivity index (χ3n) is 2.59. The minimum Gasteiger partial charge on any atom is -0.290 e. The number of ketones is 1. The van der Waals surface area contributed by atoms with Crippen molar-refractivity contribution in [3.63, 3.8) is 0 Å². The third kappa shape index (κ3) is 1.45. The number of halogens is 1. The second-order valence-electron chi connectivity index (χ2n) is 3.48. The van der Waals surface area contributed by atoms with Crippen LogP contribution in [0.25, 0.3) is 11.6 Å². The van der Waals surface area contributed by atoms with Crippen molar-refractivity contribution < 1.29 is 4.79 Å². The second-order valence-corrected chi connectivity index (χ2v) is 3.48. The topological polar surface area (TPSA) is 17.1 Å². The van der Waals surface area contributed by atoms with Gasteiger partial charge in [-0.25, -0.2) is 0 Å². The van der Waals surface area contributed by atoms with Gasteiger partial charge in [0.25, 0.3) is 0 Å². The van der Waals surface area contributed by atoms with Gasteiger partial charge in [-0.05, 0) is 40.5 Å². The fourth-order valence-electron chi connectivity index (χ4n) is 1.93.